The molecule has 1 atom stereocenters. The van der Waals surface area contributed by atoms with E-state index in [1.165, 1.54) is 4.90 Å². The van der Waals surface area contributed by atoms with Crippen LogP contribution in [-0.2, 0) is 16.1 Å². The molecule has 1 unspecified atom stereocenters. The van der Waals surface area contributed by atoms with E-state index in [1.807, 2.05) is 42.9 Å². The summed E-state index contributed by atoms with van der Waals surface area (Å²) in [6, 6.07) is 7.40. The Balaban J connectivity index is 1.60. The molecule has 24 heavy (non-hydrogen) atoms. The third-order valence-electron chi connectivity index (χ3n) is 3.90. The summed E-state index contributed by atoms with van der Waals surface area (Å²) in [4.78, 5) is 25.8. The number of nitrogens with zero attached hydrogens (tertiary/aromatic N) is 3. The van der Waals surface area contributed by atoms with Crippen molar-refractivity contribution in [2.75, 3.05) is 23.3 Å². The fourth-order valence-corrected chi connectivity index (χ4v) is 2.72. The van der Waals surface area contributed by atoms with E-state index in [9.17, 15) is 9.59 Å². The van der Waals surface area contributed by atoms with E-state index >= 15 is 0 Å². The zero-order valence-corrected chi connectivity index (χ0v) is 13.8. The SMILES string of the molecule is Cc1cnn(CC(C)NCC(=O)N2CC(=O)Nc3ccccc32)c1. The quantitative estimate of drug-likeness (QED) is 0.863. The van der Waals surface area contributed by atoms with Crippen LogP contribution >= 0.6 is 0 Å². The molecule has 2 heterocycles. The molecule has 1 aromatic heterocycles. The van der Waals surface area contributed by atoms with E-state index in [4.69, 9.17) is 0 Å². The topological polar surface area (TPSA) is 79.3 Å². The number of aryl methyl sites for hydroxylation is 1. The van der Waals surface area contributed by atoms with Crippen molar-refractivity contribution in [1.29, 1.82) is 0 Å². The number of amides is 2. The van der Waals surface area contributed by atoms with Crippen LogP contribution in [0.15, 0.2) is 36.7 Å². The summed E-state index contributed by atoms with van der Waals surface area (Å²) in [6.45, 7) is 4.89. The number of benzene rings is 1. The molecule has 126 valence electrons. The lowest BCUT2D eigenvalue weighted by Gasteiger charge is -2.29. The van der Waals surface area contributed by atoms with E-state index in [0.29, 0.717) is 12.2 Å². The van der Waals surface area contributed by atoms with Gasteiger partial charge < -0.3 is 10.6 Å². The normalized spacial score (nSPS) is 14.9. The van der Waals surface area contributed by atoms with E-state index < -0.39 is 0 Å². The Morgan fingerprint density at radius 3 is 2.96 bits per heavy atom. The molecule has 2 N–H and O–H groups in total. The van der Waals surface area contributed by atoms with Crippen LogP contribution in [0, 0.1) is 6.92 Å². The molecule has 0 fully saturated rings. The molecule has 0 saturated heterocycles. The molecule has 0 radical (unpaired) electrons. The Bertz CT molecular complexity index is 755. The maximum absolute atomic E-state index is 12.5. The van der Waals surface area contributed by atoms with Gasteiger partial charge in [0.2, 0.25) is 11.8 Å². The third kappa shape index (κ3) is 3.62. The van der Waals surface area contributed by atoms with Crippen LogP contribution in [0.5, 0.6) is 0 Å². The summed E-state index contributed by atoms with van der Waals surface area (Å²) in [5.41, 5.74) is 2.51. The number of rotatable bonds is 5. The Morgan fingerprint density at radius 1 is 1.42 bits per heavy atom. The third-order valence-corrected chi connectivity index (χ3v) is 3.90. The Labute approximate surface area is 140 Å². The highest BCUT2D eigenvalue weighted by atomic mass is 16.2. The predicted molar refractivity (Wildman–Crippen MR) is 91.9 cm³/mol. The molecule has 0 bridgehead atoms. The second-order valence-corrected chi connectivity index (χ2v) is 6.07. The molecule has 0 spiro atoms. The number of para-hydroxylation sites is 2. The van der Waals surface area contributed by atoms with Gasteiger partial charge in [0.15, 0.2) is 0 Å². The van der Waals surface area contributed by atoms with Crippen molar-refractivity contribution in [3.8, 4) is 0 Å². The van der Waals surface area contributed by atoms with Gasteiger partial charge in [-0.15, -0.1) is 0 Å². The first kappa shape index (κ1) is 16.2. The minimum Gasteiger partial charge on any atom is -0.323 e. The lowest BCUT2D eigenvalue weighted by atomic mass is 10.2. The fraction of sp³-hybridized carbons (Fsp3) is 0.353. The summed E-state index contributed by atoms with van der Waals surface area (Å²) in [7, 11) is 0. The number of hydrogen-bond acceptors (Lipinski definition) is 4. The highest BCUT2D eigenvalue weighted by Crippen LogP contribution is 2.28. The van der Waals surface area contributed by atoms with Crippen LogP contribution in [0.25, 0.3) is 0 Å². The molecule has 3 rings (SSSR count). The van der Waals surface area contributed by atoms with Crippen molar-refractivity contribution < 1.29 is 9.59 Å². The van der Waals surface area contributed by atoms with Crippen LogP contribution in [0.3, 0.4) is 0 Å². The van der Waals surface area contributed by atoms with Crippen molar-refractivity contribution in [3.05, 3.63) is 42.2 Å². The second-order valence-electron chi connectivity index (χ2n) is 6.07. The summed E-state index contributed by atoms with van der Waals surface area (Å²) in [5, 5.41) is 10.2. The van der Waals surface area contributed by atoms with Crippen LogP contribution in [0.4, 0.5) is 11.4 Å². The number of carbonyl (C=O) groups excluding carboxylic acids is 2. The molecule has 7 heteroatoms. The molecule has 0 aliphatic carbocycles. The predicted octanol–water partition coefficient (Wildman–Crippen LogP) is 1.15. The Hall–Kier alpha value is -2.67. The molecule has 1 aliphatic rings. The molecule has 7 nitrogen and oxygen atoms in total. The second kappa shape index (κ2) is 6.84. The number of nitrogens with one attached hydrogen (secondary N) is 2. The van der Waals surface area contributed by atoms with Crippen molar-refractivity contribution in [2.45, 2.75) is 26.4 Å². The van der Waals surface area contributed by atoms with E-state index in [-0.39, 0.29) is 30.9 Å². The molecule has 0 saturated carbocycles. The van der Waals surface area contributed by atoms with Crippen LogP contribution in [0.1, 0.15) is 12.5 Å². The average Bonchev–Trinajstić information content (AvgIpc) is 2.96. The van der Waals surface area contributed by atoms with Gasteiger partial charge in [-0.25, -0.2) is 0 Å². The molecule has 2 amide bonds. The van der Waals surface area contributed by atoms with Crippen molar-refractivity contribution in [1.82, 2.24) is 15.1 Å². The van der Waals surface area contributed by atoms with E-state index in [1.54, 1.807) is 12.3 Å². The maximum atomic E-state index is 12.5. The van der Waals surface area contributed by atoms with Gasteiger partial charge in [-0.3, -0.25) is 19.2 Å². The van der Waals surface area contributed by atoms with Gasteiger partial charge in [0, 0.05) is 12.2 Å². The number of carbonyl (C=O) groups is 2. The number of hydrogen-bond donors (Lipinski definition) is 2. The standard InChI is InChI=1S/C17H21N5O2/c1-12-7-19-21(9-12)10-13(2)18-8-17(24)22-11-16(23)20-14-5-3-4-6-15(14)22/h3-7,9,13,18H,8,10-11H2,1-2H3,(H,20,23). The summed E-state index contributed by atoms with van der Waals surface area (Å²) in [6.07, 6.45) is 3.77. The monoisotopic (exact) mass is 327 g/mol. The van der Waals surface area contributed by atoms with Gasteiger partial charge in [0.25, 0.3) is 0 Å². The zero-order valence-electron chi connectivity index (χ0n) is 13.8. The van der Waals surface area contributed by atoms with Crippen molar-refractivity contribution in [3.63, 3.8) is 0 Å². The molecular formula is C17H21N5O2. The molecular weight excluding hydrogens is 306 g/mol. The van der Waals surface area contributed by atoms with E-state index in [0.717, 1.165) is 11.3 Å². The van der Waals surface area contributed by atoms with Gasteiger partial charge in [-0.1, -0.05) is 12.1 Å². The minimum atomic E-state index is -0.179. The first-order chi connectivity index (χ1) is 11.5. The van der Waals surface area contributed by atoms with Crippen molar-refractivity contribution >= 4 is 23.2 Å². The van der Waals surface area contributed by atoms with E-state index in [2.05, 4.69) is 15.7 Å². The first-order valence-electron chi connectivity index (χ1n) is 7.94. The van der Waals surface area contributed by atoms with Crippen molar-refractivity contribution in [2.24, 2.45) is 0 Å². The number of anilines is 2. The summed E-state index contributed by atoms with van der Waals surface area (Å²) >= 11 is 0. The van der Waals surface area contributed by atoms with Crippen LogP contribution < -0.4 is 15.5 Å². The zero-order chi connectivity index (χ0) is 17.1. The van der Waals surface area contributed by atoms with Gasteiger partial charge in [-0.2, -0.15) is 5.10 Å². The van der Waals surface area contributed by atoms with Gasteiger partial charge in [0.1, 0.15) is 6.54 Å². The average molecular weight is 327 g/mol. The highest BCUT2D eigenvalue weighted by molar-refractivity contribution is 6.10. The Morgan fingerprint density at radius 2 is 2.21 bits per heavy atom. The maximum Gasteiger partial charge on any atom is 0.244 e. The lowest BCUT2D eigenvalue weighted by Crippen LogP contribution is -2.47. The van der Waals surface area contributed by atoms with Crippen LogP contribution in [-0.4, -0.2) is 40.7 Å². The lowest BCUT2D eigenvalue weighted by molar-refractivity contribution is -0.121. The summed E-state index contributed by atoms with van der Waals surface area (Å²) < 4.78 is 1.85. The largest absolute Gasteiger partial charge is 0.323 e. The molecule has 1 aromatic carbocycles. The number of fused-ring (bicyclic) bond motifs is 1. The fourth-order valence-electron chi connectivity index (χ4n) is 2.72. The summed E-state index contributed by atoms with van der Waals surface area (Å²) in [5.74, 6) is -0.303. The smallest absolute Gasteiger partial charge is 0.244 e. The van der Waals surface area contributed by atoms with Crippen LogP contribution in [0.2, 0.25) is 0 Å². The molecule has 1 aliphatic heterocycles. The molecule has 2 aromatic rings. The first-order valence-corrected chi connectivity index (χ1v) is 7.94. The number of aromatic nitrogens is 2. The van der Waals surface area contributed by atoms with Gasteiger partial charge >= 0.3 is 0 Å². The minimum absolute atomic E-state index is 0.0459. The Kier molecular flexibility index (Phi) is 4.61. The van der Waals surface area contributed by atoms with Gasteiger partial charge in [0.05, 0.1) is 30.7 Å². The highest BCUT2D eigenvalue weighted by Gasteiger charge is 2.26. The van der Waals surface area contributed by atoms with Gasteiger partial charge in [-0.05, 0) is 31.5 Å².